The predicted octanol–water partition coefficient (Wildman–Crippen LogP) is 4.04. The van der Waals surface area contributed by atoms with Crippen molar-refractivity contribution in [3.8, 4) is 11.5 Å². The highest BCUT2D eigenvalue weighted by Gasteiger charge is 2.36. The lowest BCUT2D eigenvalue weighted by Gasteiger charge is -2.34. The zero-order chi connectivity index (χ0) is 42.7. The van der Waals surface area contributed by atoms with Gasteiger partial charge in [0.1, 0.15) is 41.8 Å². The number of likely N-dealkylation sites (N-methyl/N-ethyl adjacent to an activating group) is 2. The number of rotatable bonds is 26. The Labute approximate surface area is 338 Å². The van der Waals surface area contributed by atoms with E-state index in [4.69, 9.17) is 0 Å². The molecule has 4 amide bonds. The van der Waals surface area contributed by atoms with Gasteiger partial charge in [0, 0.05) is 19.5 Å². The number of phenolic OH excluding ortho intramolecular Hbond substituents is 2. The molecule has 0 fully saturated rings. The number of benzene rings is 2. The monoisotopic (exact) mass is 797 g/mol. The van der Waals surface area contributed by atoms with Crippen molar-refractivity contribution in [3.05, 3.63) is 59.7 Å². The third-order valence-corrected chi connectivity index (χ3v) is 10.1. The summed E-state index contributed by atoms with van der Waals surface area (Å²) < 4.78 is 0. The molecule has 318 valence electrons. The number of amides is 4. The van der Waals surface area contributed by atoms with Gasteiger partial charge in [-0.1, -0.05) is 91.0 Å². The molecule has 6 atom stereocenters. The van der Waals surface area contributed by atoms with Crippen molar-refractivity contribution in [2.45, 2.75) is 142 Å². The van der Waals surface area contributed by atoms with E-state index < -0.39 is 65.9 Å². The van der Waals surface area contributed by atoms with Gasteiger partial charge in [-0.2, -0.15) is 0 Å². The van der Waals surface area contributed by atoms with E-state index in [9.17, 15) is 44.4 Å². The van der Waals surface area contributed by atoms with Gasteiger partial charge in [0.15, 0.2) is 0 Å². The fourth-order valence-corrected chi connectivity index (χ4v) is 6.70. The molecular weight excluding hydrogens is 730 g/mol. The summed E-state index contributed by atoms with van der Waals surface area (Å²) in [5.41, 5.74) is 1.32. The van der Waals surface area contributed by atoms with E-state index in [0.29, 0.717) is 12.0 Å². The molecule has 0 radical (unpaired) electrons. The standard InChI is InChI=1S/C43H67N5O9/c1-8-9-10-11-12-13-33(44-6)38(51)41(54)46-35(24-27(2)3)42(55)48(7)37(25-28(4)5)40(53)45-34(23-18-29-14-19-31(49)20-15-29)39(52)47-36(43(56)57)26-30-16-21-32(50)22-17-30/h14-17,19-22,27-28,33-38,44,49-51H,8-13,18,23-26H2,1-7H3,(H,45,53)(H,46,54)(H,47,52)(H,56,57)/t33-,34+,35+,36+,37+,38+/m1/s1. The summed E-state index contributed by atoms with van der Waals surface area (Å²) in [7, 11) is 3.16. The van der Waals surface area contributed by atoms with Crippen molar-refractivity contribution in [1.82, 2.24) is 26.2 Å². The van der Waals surface area contributed by atoms with Crippen molar-refractivity contribution in [2.24, 2.45) is 11.8 Å². The van der Waals surface area contributed by atoms with E-state index in [2.05, 4.69) is 28.2 Å². The molecule has 2 aromatic carbocycles. The number of hydrogen-bond donors (Lipinski definition) is 8. The summed E-state index contributed by atoms with van der Waals surface area (Å²) in [5.74, 6) is -3.93. The number of aliphatic hydroxyl groups excluding tert-OH is 1. The molecule has 0 unspecified atom stereocenters. The van der Waals surface area contributed by atoms with E-state index >= 15 is 0 Å². The lowest BCUT2D eigenvalue weighted by molar-refractivity contribution is -0.145. The van der Waals surface area contributed by atoms with Gasteiger partial charge in [0.05, 0.1) is 0 Å². The van der Waals surface area contributed by atoms with E-state index in [1.165, 1.54) is 36.2 Å². The fraction of sp³-hybridized carbons (Fsp3) is 0.605. The lowest BCUT2D eigenvalue weighted by atomic mass is 9.97. The average Bonchev–Trinajstić information content (AvgIpc) is 3.16. The Morgan fingerprint density at radius 3 is 1.72 bits per heavy atom. The summed E-state index contributed by atoms with van der Waals surface area (Å²) in [5, 5.41) is 51.6. The molecule has 8 N–H and O–H groups in total. The van der Waals surface area contributed by atoms with E-state index in [-0.39, 0.29) is 55.4 Å². The van der Waals surface area contributed by atoms with Gasteiger partial charge in [-0.05, 0) is 86.4 Å². The molecule has 2 aromatic rings. The van der Waals surface area contributed by atoms with E-state index in [0.717, 1.165) is 37.7 Å². The maximum Gasteiger partial charge on any atom is 0.326 e. The molecule has 0 spiro atoms. The molecule has 0 aliphatic rings. The largest absolute Gasteiger partial charge is 0.508 e. The third kappa shape index (κ3) is 17.1. The number of unbranched alkanes of at least 4 members (excludes halogenated alkanes) is 4. The summed E-state index contributed by atoms with van der Waals surface area (Å²) in [6, 6.07) is 7.09. The fourth-order valence-electron chi connectivity index (χ4n) is 6.70. The van der Waals surface area contributed by atoms with Crippen LogP contribution < -0.4 is 21.3 Å². The van der Waals surface area contributed by atoms with Gasteiger partial charge in [-0.3, -0.25) is 19.2 Å². The molecule has 0 bridgehead atoms. The summed E-state index contributed by atoms with van der Waals surface area (Å²) in [4.78, 5) is 69.2. The van der Waals surface area contributed by atoms with Gasteiger partial charge in [0.25, 0.3) is 5.91 Å². The minimum absolute atomic E-state index is 0.00694. The molecule has 57 heavy (non-hydrogen) atoms. The van der Waals surface area contributed by atoms with Crippen LogP contribution in [0.3, 0.4) is 0 Å². The quantitative estimate of drug-likeness (QED) is 0.0639. The molecule has 2 rings (SSSR count). The number of nitrogens with zero attached hydrogens (tertiary/aromatic N) is 1. The smallest absolute Gasteiger partial charge is 0.326 e. The van der Waals surface area contributed by atoms with Crippen LogP contribution in [0.25, 0.3) is 0 Å². The first-order valence-electron chi connectivity index (χ1n) is 20.3. The van der Waals surface area contributed by atoms with Crippen molar-refractivity contribution >= 4 is 29.6 Å². The predicted molar refractivity (Wildman–Crippen MR) is 219 cm³/mol. The molecule has 14 nitrogen and oxygen atoms in total. The second-order valence-corrected chi connectivity index (χ2v) is 15.9. The number of nitrogens with one attached hydrogen (secondary N) is 4. The highest BCUT2D eigenvalue weighted by atomic mass is 16.4. The first-order valence-corrected chi connectivity index (χ1v) is 20.3. The van der Waals surface area contributed by atoms with E-state index in [1.54, 1.807) is 31.3 Å². The number of hydrogen-bond acceptors (Lipinski definition) is 9. The van der Waals surface area contributed by atoms with Crippen LogP contribution >= 0.6 is 0 Å². The van der Waals surface area contributed by atoms with Crippen molar-refractivity contribution in [1.29, 1.82) is 0 Å². The number of aromatic hydroxyl groups is 2. The maximum atomic E-state index is 14.2. The van der Waals surface area contributed by atoms with Gasteiger partial charge < -0.3 is 46.6 Å². The summed E-state index contributed by atoms with van der Waals surface area (Å²) >= 11 is 0. The molecule has 0 saturated heterocycles. The maximum absolute atomic E-state index is 14.2. The van der Waals surface area contributed by atoms with Gasteiger partial charge in [0.2, 0.25) is 17.7 Å². The SMILES string of the molecule is CCCCCCC[C@@H](NC)[C@H](O)C(=O)N[C@@H](CC(C)C)C(=O)N(C)[C@@H](CC(C)C)C(=O)N[C@@H](CCc1ccc(O)cc1)C(=O)N[C@@H](Cc1ccc(O)cc1)C(=O)O. The van der Waals surface area contributed by atoms with E-state index in [1.807, 2.05) is 27.7 Å². The topological polar surface area (TPSA) is 218 Å². The zero-order valence-corrected chi connectivity index (χ0v) is 34.8. The van der Waals surface area contributed by atoms with Crippen LogP contribution in [-0.2, 0) is 36.8 Å². The highest BCUT2D eigenvalue weighted by Crippen LogP contribution is 2.18. The number of carbonyl (C=O) groups excluding carboxylic acids is 4. The Balaban J connectivity index is 2.34. The van der Waals surface area contributed by atoms with Crippen LogP contribution in [0.15, 0.2) is 48.5 Å². The first-order chi connectivity index (χ1) is 27.0. The summed E-state index contributed by atoms with van der Waals surface area (Å²) in [6.07, 6.45) is 5.02. The van der Waals surface area contributed by atoms with Crippen LogP contribution in [-0.4, -0.2) is 105 Å². The van der Waals surface area contributed by atoms with Gasteiger partial charge in [-0.25, -0.2) is 4.79 Å². The molecule has 0 heterocycles. The number of carboxylic acids is 1. The first kappa shape index (κ1) is 48.5. The Morgan fingerprint density at radius 1 is 0.667 bits per heavy atom. The number of phenols is 2. The normalized spacial score (nSPS) is 14.6. The number of aliphatic hydroxyl groups is 1. The molecular formula is C43H67N5O9. The Morgan fingerprint density at radius 2 is 1.19 bits per heavy atom. The Kier molecular flexibility index (Phi) is 21.1. The minimum atomic E-state index is -1.40. The summed E-state index contributed by atoms with van der Waals surface area (Å²) in [6.45, 7) is 9.71. The zero-order valence-electron chi connectivity index (χ0n) is 34.8. The van der Waals surface area contributed by atoms with Crippen LogP contribution in [0, 0.1) is 11.8 Å². The Bertz CT molecular complexity index is 1550. The molecule has 0 aliphatic carbocycles. The van der Waals surface area contributed by atoms with Crippen molar-refractivity contribution < 1.29 is 44.4 Å². The average molecular weight is 798 g/mol. The van der Waals surface area contributed by atoms with Crippen molar-refractivity contribution in [2.75, 3.05) is 14.1 Å². The van der Waals surface area contributed by atoms with Crippen LogP contribution in [0.4, 0.5) is 0 Å². The van der Waals surface area contributed by atoms with Crippen LogP contribution in [0.1, 0.15) is 104 Å². The highest BCUT2D eigenvalue weighted by molar-refractivity contribution is 5.95. The second kappa shape index (κ2) is 24.8. The number of aryl methyl sites for hydroxylation is 1. The van der Waals surface area contributed by atoms with Gasteiger partial charge >= 0.3 is 5.97 Å². The van der Waals surface area contributed by atoms with Crippen molar-refractivity contribution in [3.63, 3.8) is 0 Å². The second-order valence-electron chi connectivity index (χ2n) is 15.9. The molecule has 14 heteroatoms. The Hall–Kier alpha value is -4.69. The van der Waals surface area contributed by atoms with Crippen LogP contribution in [0.5, 0.6) is 11.5 Å². The molecule has 0 aliphatic heterocycles. The molecule has 0 aromatic heterocycles. The number of aliphatic carboxylic acids is 1. The number of carboxylic acid groups (broad SMARTS) is 1. The minimum Gasteiger partial charge on any atom is -0.508 e. The number of carbonyl (C=O) groups is 5. The molecule has 0 saturated carbocycles. The van der Waals surface area contributed by atoms with Gasteiger partial charge in [-0.15, -0.1) is 0 Å². The van der Waals surface area contributed by atoms with Crippen LogP contribution in [0.2, 0.25) is 0 Å². The third-order valence-electron chi connectivity index (χ3n) is 10.1. The lowest BCUT2D eigenvalue weighted by Crippen LogP contribution is -2.59.